The number of carbonyl (C=O) groups is 1. The van der Waals surface area contributed by atoms with E-state index in [1.165, 1.54) is 17.3 Å². The zero-order valence-corrected chi connectivity index (χ0v) is 18.2. The van der Waals surface area contributed by atoms with Crippen LogP contribution in [-0.2, 0) is 4.79 Å². The maximum absolute atomic E-state index is 12.6. The number of hydrogen-bond donors (Lipinski definition) is 2. The standard InChI is InChI=1S/C25H21N3O3S/c1-16-7-9-18(10-8-16)24-27-23(17-5-3-2-4-6-17)25(28-24)32-14-22(29)26-19-11-12-20-21(13-19)31-15-30-20/h2-13H,14-15H2,1H3,(H,26,29)(H,27,28). The van der Waals surface area contributed by atoms with E-state index in [9.17, 15) is 4.79 Å². The summed E-state index contributed by atoms with van der Waals surface area (Å²) in [6.07, 6.45) is 0. The lowest BCUT2D eigenvalue weighted by Crippen LogP contribution is -2.14. The summed E-state index contributed by atoms with van der Waals surface area (Å²) in [4.78, 5) is 20.9. The van der Waals surface area contributed by atoms with Crippen LogP contribution < -0.4 is 14.8 Å². The minimum atomic E-state index is -0.118. The van der Waals surface area contributed by atoms with Crippen LogP contribution in [0.25, 0.3) is 22.6 Å². The zero-order valence-electron chi connectivity index (χ0n) is 17.4. The molecule has 1 aromatic heterocycles. The average Bonchev–Trinajstić information content (AvgIpc) is 3.45. The van der Waals surface area contributed by atoms with E-state index in [0.717, 1.165) is 27.7 Å². The van der Waals surface area contributed by atoms with Gasteiger partial charge in [0.1, 0.15) is 10.9 Å². The van der Waals surface area contributed by atoms with Gasteiger partial charge in [0.05, 0.1) is 11.4 Å². The van der Waals surface area contributed by atoms with E-state index < -0.39 is 0 Å². The highest BCUT2D eigenvalue weighted by atomic mass is 32.2. The monoisotopic (exact) mass is 443 g/mol. The predicted octanol–water partition coefficient (Wildman–Crippen LogP) is 5.51. The number of nitrogens with one attached hydrogen (secondary N) is 2. The second-order valence-corrected chi connectivity index (χ2v) is 8.37. The van der Waals surface area contributed by atoms with Gasteiger partial charge >= 0.3 is 0 Å². The normalized spacial score (nSPS) is 12.0. The number of aromatic amines is 1. The topological polar surface area (TPSA) is 76.2 Å². The van der Waals surface area contributed by atoms with Crippen molar-refractivity contribution in [2.24, 2.45) is 0 Å². The number of ether oxygens (including phenoxy) is 2. The number of rotatable bonds is 6. The van der Waals surface area contributed by atoms with Gasteiger partial charge in [-0.3, -0.25) is 4.79 Å². The molecule has 0 atom stereocenters. The molecule has 2 heterocycles. The molecule has 7 heteroatoms. The van der Waals surface area contributed by atoms with E-state index in [-0.39, 0.29) is 18.5 Å². The number of benzene rings is 3. The van der Waals surface area contributed by atoms with Gasteiger partial charge in [-0.25, -0.2) is 4.98 Å². The van der Waals surface area contributed by atoms with Crippen LogP contribution in [0, 0.1) is 6.92 Å². The van der Waals surface area contributed by atoms with Gasteiger partial charge in [0, 0.05) is 22.9 Å². The molecule has 5 rings (SSSR count). The Kier molecular flexibility index (Phi) is 5.56. The molecule has 6 nitrogen and oxygen atoms in total. The second-order valence-electron chi connectivity index (χ2n) is 7.40. The summed E-state index contributed by atoms with van der Waals surface area (Å²) in [6.45, 7) is 2.26. The van der Waals surface area contributed by atoms with Gasteiger partial charge in [-0.05, 0) is 19.1 Å². The molecule has 0 fully saturated rings. The van der Waals surface area contributed by atoms with Gasteiger partial charge in [0.2, 0.25) is 12.7 Å². The Hall–Kier alpha value is -3.71. The molecule has 1 aliphatic rings. The lowest BCUT2D eigenvalue weighted by atomic mass is 10.1. The van der Waals surface area contributed by atoms with Crippen molar-refractivity contribution in [1.82, 2.24) is 9.97 Å². The third-order valence-corrected chi connectivity index (χ3v) is 6.03. The van der Waals surface area contributed by atoms with Crippen LogP contribution in [0.1, 0.15) is 5.56 Å². The number of fused-ring (bicyclic) bond motifs is 1. The van der Waals surface area contributed by atoms with Crippen molar-refractivity contribution in [3.8, 4) is 34.1 Å². The van der Waals surface area contributed by atoms with Crippen LogP contribution in [0.2, 0.25) is 0 Å². The zero-order chi connectivity index (χ0) is 21.9. The Morgan fingerprint density at radius 2 is 1.78 bits per heavy atom. The first-order chi connectivity index (χ1) is 15.7. The number of H-pyrrole nitrogens is 1. The van der Waals surface area contributed by atoms with Crippen LogP contribution >= 0.6 is 11.8 Å². The van der Waals surface area contributed by atoms with E-state index in [1.807, 2.05) is 42.5 Å². The molecule has 3 aromatic carbocycles. The minimum Gasteiger partial charge on any atom is -0.454 e. The minimum absolute atomic E-state index is 0.118. The van der Waals surface area contributed by atoms with E-state index in [4.69, 9.17) is 14.5 Å². The third kappa shape index (κ3) is 4.33. The Bertz CT molecular complexity index is 1250. The Morgan fingerprint density at radius 3 is 2.59 bits per heavy atom. The Morgan fingerprint density at radius 1 is 1.00 bits per heavy atom. The lowest BCUT2D eigenvalue weighted by Gasteiger charge is -2.06. The molecule has 4 aromatic rings. The summed E-state index contributed by atoms with van der Waals surface area (Å²) in [5.41, 5.74) is 4.80. The number of amides is 1. The summed E-state index contributed by atoms with van der Waals surface area (Å²) in [7, 11) is 0. The first-order valence-corrected chi connectivity index (χ1v) is 11.2. The molecule has 1 amide bonds. The number of aryl methyl sites for hydroxylation is 1. The second kappa shape index (κ2) is 8.80. The number of hydrogen-bond acceptors (Lipinski definition) is 5. The first-order valence-electron chi connectivity index (χ1n) is 10.2. The average molecular weight is 444 g/mol. The van der Waals surface area contributed by atoms with Gasteiger partial charge < -0.3 is 19.8 Å². The highest BCUT2D eigenvalue weighted by Crippen LogP contribution is 2.35. The van der Waals surface area contributed by atoms with Crippen molar-refractivity contribution in [3.63, 3.8) is 0 Å². The smallest absolute Gasteiger partial charge is 0.234 e. The molecule has 1 aliphatic heterocycles. The highest BCUT2D eigenvalue weighted by Gasteiger charge is 2.17. The molecule has 0 aliphatic carbocycles. The lowest BCUT2D eigenvalue weighted by molar-refractivity contribution is -0.113. The SMILES string of the molecule is Cc1ccc(-c2nc(SCC(=O)Nc3ccc4c(c3)OCO4)c(-c3ccccc3)[nH]2)cc1. The van der Waals surface area contributed by atoms with Gasteiger partial charge in [0.25, 0.3) is 0 Å². The number of anilines is 1. The summed E-state index contributed by atoms with van der Waals surface area (Å²) >= 11 is 1.40. The molecule has 2 N–H and O–H groups in total. The summed E-state index contributed by atoms with van der Waals surface area (Å²) < 4.78 is 10.7. The largest absolute Gasteiger partial charge is 0.454 e. The molecular formula is C25H21N3O3S. The molecule has 0 saturated heterocycles. The maximum Gasteiger partial charge on any atom is 0.234 e. The van der Waals surface area contributed by atoms with Crippen LogP contribution in [0.15, 0.2) is 77.8 Å². The van der Waals surface area contributed by atoms with Crippen molar-refractivity contribution < 1.29 is 14.3 Å². The number of aromatic nitrogens is 2. The van der Waals surface area contributed by atoms with Crippen LogP contribution in [0.5, 0.6) is 11.5 Å². The van der Waals surface area contributed by atoms with E-state index in [0.29, 0.717) is 17.2 Å². The molecule has 0 bridgehead atoms. The molecule has 0 radical (unpaired) electrons. The fraction of sp³-hybridized carbons (Fsp3) is 0.120. The first kappa shape index (κ1) is 20.2. The molecule has 32 heavy (non-hydrogen) atoms. The van der Waals surface area contributed by atoms with Gasteiger partial charge in [-0.2, -0.15) is 0 Å². The van der Waals surface area contributed by atoms with Gasteiger partial charge in [0.15, 0.2) is 11.5 Å². The van der Waals surface area contributed by atoms with Crippen LogP contribution in [0.4, 0.5) is 5.69 Å². The van der Waals surface area contributed by atoms with E-state index in [1.54, 1.807) is 18.2 Å². The van der Waals surface area contributed by atoms with Crippen molar-refractivity contribution in [1.29, 1.82) is 0 Å². The fourth-order valence-corrected chi connectivity index (χ4v) is 4.22. The quantitative estimate of drug-likeness (QED) is 0.384. The molecule has 0 unspecified atom stereocenters. The van der Waals surface area contributed by atoms with Crippen molar-refractivity contribution in [3.05, 3.63) is 78.4 Å². The van der Waals surface area contributed by atoms with Crippen molar-refractivity contribution in [2.45, 2.75) is 11.9 Å². The molecule has 0 spiro atoms. The molecular weight excluding hydrogens is 422 g/mol. The molecule has 0 saturated carbocycles. The number of carbonyl (C=O) groups excluding carboxylic acids is 1. The number of imidazole rings is 1. The Labute approximate surface area is 190 Å². The van der Waals surface area contributed by atoms with Crippen LogP contribution in [0.3, 0.4) is 0 Å². The number of nitrogens with zero attached hydrogens (tertiary/aromatic N) is 1. The molecule has 160 valence electrons. The summed E-state index contributed by atoms with van der Waals surface area (Å²) in [5, 5.41) is 3.70. The van der Waals surface area contributed by atoms with Gasteiger partial charge in [-0.1, -0.05) is 71.9 Å². The van der Waals surface area contributed by atoms with Gasteiger partial charge in [-0.15, -0.1) is 0 Å². The third-order valence-electron chi connectivity index (χ3n) is 5.05. The number of thioether (sulfide) groups is 1. The Balaban J connectivity index is 1.35. The fourth-order valence-electron chi connectivity index (χ4n) is 3.42. The predicted molar refractivity (Wildman–Crippen MR) is 126 cm³/mol. The van der Waals surface area contributed by atoms with E-state index >= 15 is 0 Å². The van der Waals surface area contributed by atoms with E-state index in [2.05, 4.69) is 29.4 Å². The maximum atomic E-state index is 12.6. The highest BCUT2D eigenvalue weighted by molar-refractivity contribution is 8.00. The van der Waals surface area contributed by atoms with Crippen LogP contribution in [-0.4, -0.2) is 28.4 Å². The summed E-state index contributed by atoms with van der Waals surface area (Å²) in [6, 6.07) is 23.6. The van der Waals surface area contributed by atoms with Crippen molar-refractivity contribution in [2.75, 3.05) is 17.9 Å². The summed E-state index contributed by atoms with van der Waals surface area (Å²) in [5.74, 6) is 2.21. The van der Waals surface area contributed by atoms with Crippen molar-refractivity contribution >= 4 is 23.4 Å².